The normalized spacial score (nSPS) is 50.1. The summed E-state index contributed by atoms with van der Waals surface area (Å²) in [6.45, 7) is 18.8. The number of hydrogen-bond acceptors (Lipinski definition) is 3. The highest BCUT2D eigenvalue weighted by atomic mass is 35.5. The lowest BCUT2D eigenvalue weighted by molar-refractivity contribution is -0.250. The van der Waals surface area contributed by atoms with Gasteiger partial charge in [-0.05, 0) is 117 Å². The van der Waals surface area contributed by atoms with E-state index in [0.29, 0.717) is 23.7 Å². The molecule has 4 nitrogen and oxygen atoms in total. The summed E-state index contributed by atoms with van der Waals surface area (Å²) in [7, 11) is 0. The molecule has 5 saturated carbocycles. The first-order chi connectivity index (χ1) is 17.2. The van der Waals surface area contributed by atoms with Gasteiger partial charge >= 0.3 is 11.9 Å². The molecule has 0 aromatic rings. The smallest absolute Gasteiger partial charge is 0.321 e. The average molecular weight is 533 g/mol. The molecular formula is C32H49ClO4. The number of carbonyl (C=O) groups excluding carboxylic acids is 1. The van der Waals surface area contributed by atoms with Crippen LogP contribution < -0.4 is 0 Å². The van der Waals surface area contributed by atoms with Gasteiger partial charge in [-0.1, -0.05) is 46.8 Å². The molecular weight excluding hydrogens is 484 g/mol. The van der Waals surface area contributed by atoms with E-state index < -0.39 is 11.4 Å². The second-order valence-corrected chi connectivity index (χ2v) is 15.4. The lowest BCUT2D eigenvalue weighted by atomic mass is 9.32. The van der Waals surface area contributed by atoms with Crippen molar-refractivity contribution in [2.75, 3.05) is 5.88 Å². The topological polar surface area (TPSA) is 63.6 Å². The lowest BCUT2D eigenvalue weighted by Crippen LogP contribution is -2.67. The van der Waals surface area contributed by atoms with E-state index in [1.165, 1.54) is 18.4 Å². The number of esters is 1. The van der Waals surface area contributed by atoms with Crippen molar-refractivity contribution in [1.82, 2.24) is 0 Å². The largest absolute Gasteiger partial charge is 0.481 e. The number of carboxylic acid groups (broad SMARTS) is 1. The molecule has 5 rings (SSSR count). The molecule has 0 unspecified atom stereocenters. The number of aliphatic carboxylic acids is 1. The Labute approximate surface area is 229 Å². The van der Waals surface area contributed by atoms with Crippen LogP contribution in [0, 0.1) is 56.7 Å². The summed E-state index contributed by atoms with van der Waals surface area (Å²) >= 11 is 5.80. The van der Waals surface area contributed by atoms with Crippen LogP contribution in [0.15, 0.2) is 12.2 Å². The average Bonchev–Trinajstić information content (AvgIpc) is 3.23. The van der Waals surface area contributed by atoms with Crippen LogP contribution >= 0.6 is 11.6 Å². The van der Waals surface area contributed by atoms with E-state index in [-0.39, 0.29) is 45.5 Å². The molecule has 5 heteroatoms. The fourth-order valence-corrected chi connectivity index (χ4v) is 12.0. The predicted octanol–water partition coefficient (Wildman–Crippen LogP) is 7.88. The summed E-state index contributed by atoms with van der Waals surface area (Å²) < 4.78 is 5.90. The Kier molecular flexibility index (Phi) is 6.50. The third-order valence-electron chi connectivity index (χ3n) is 13.8. The van der Waals surface area contributed by atoms with Gasteiger partial charge in [0.25, 0.3) is 0 Å². The summed E-state index contributed by atoms with van der Waals surface area (Å²) in [5, 5.41) is 10.6. The maximum atomic E-state index is 12.8. The van der Waals surface area contributed by atoms with Crippen molar-refractivity contribution in [3.8, 4) is 0 Å². The zero-order valence-corrected chi connectivity index (χ0v) is 24.8. The zero-order chi connectivity index (χ0) is 27.2. The van der Waals surface area contributed by atoms with Crippen molar-refractivity contribution in [2.45, 2.75) is 112 Å². The standard InChI is InChI=1S/C32H49ClO4/c1-19(2)20-10-15-32(27(35)36)17-16-30(6)21(26(20)32)8-9-23-29(5)13-12-24(37-25(34)18-33)28(3,4)22(29)11-14-31(23,30)7/h20-24,26H,1,8-18H2,2-7H3,(H,35,36)/t20-,21+,22-,23+,24-,26+,29-,30+,31+,32-/m0/s1. The summed E-state index contributed by atoms with van der Waals surface area (Å²) in [6.07, 6.45) is 10.2. The Hall–Kier alpha value is -1.03. The van der Waals surface area contributed by atoms with E-state index >= 15 is 0 Å². The molecule has 1 N–H and O–H groups in total. The number of alkyl halides is 1. The van der Waals surface area contributed by atoms with E-state index in [9.17, 15) is 14.7 Å². The van der Waals surface area contributed by atoms with Gasteiger partial charge in [0.05, 0.1) is 5.41 Å². The SMILES string of the molecule is C=C(C)[C@@H]1CC[C@]2(C(=O)O)CC[C@]3(C)[C@H](CC[C@@H]4[C@@]5(C)CC[C@H](OC(=O)CCl)C(C)(C)[C@@H]5CC[C@]43C)[C@@H]12. The van der Waals surface area contributed by atoms with Crippen LogP contribution in [0.3, 0.4) is 0 Å². The van der Waals surface area contributed by atoms with Crippen LogP contribution in [0.5, 0.6) is 0 Å². The van der Waals surface area contributed by atoms with E-state index in [0.717, 1.165) is 51.4 Å². The molecule has 5 aliphatic rings. The van der Waals surface area contributed by atoms with Gasteiger partial charge in [-0.25, -0.2) is 0 Å². The van der Waals surface area contributed by atoms with Crippen LogP contribution in [0.4, 0.5) is 0 Å². The van der Waals surface area contributed by atoms with Gasteiger partial charge in [-0.3, -0.25) is 9.59 Å². The van der Waals surface area contributed by atoms with Crippen molar-refractivity contribution < 1.29 is 19.4 Å². The van der Waals surface area contributed by atoms with Gasteiger partial charge in [0, 0.05) is 5.41 Å². The minimum atomic E-state index is -0.565. The molecule has 0 bridgehead atoms. The van der Waals surface area contributed by atoms with Gasteiger partial charge in [-0.2, -0.15) is 0 Å². The van der Waals surface area contributed by atoms with Crippen molar-refractivity contribution >= 4 is 23.5 Å². The Morgan fingerprint density at radius 1 is 0.892 bits per heavy atom. The fraction of sp³-hybridized carbons (Fsp3) is 0.875. The summed E-state index contributed by atoms with van der Waals surface area (Å²) in [5.41, 5.74) is 1.05. The highest BCUT2D eigenvalue weighted by Crippen LogP contribution is 2.77. The molecule has 0 aliphatic heterocycles. The third kappa shape index (κ3) is 3.52. The van der Waals surface area contributed by atoms with Crippen molar-refractivity contribution in [1.29, 1.82) is 0 Å². The minimum absolute atomic E-state index is 0.0752. The van der Waals surface area contributed by atoms with E-state index in [1.807, 2.05) is 0 Å². The molecule has 0 heterocycles. The number of ether oxygens (including phenoxy) is 1. The first kappa shape index (κ1) is 27.5. The van der Waals surface area contributed by atoms with Gasteiger partial charge in [0.15, 0.2) is 0 Å². The van der Waals surface area contributed by atoms with Gasteiger partial charge in [0.1, 0.15) is 12.0 Å². The minimum Gasteiger partial charge on any atom is -0.481 e. The van der Waals surface area contributed by atoms with Crippen LogP contribution in [0.2, 0.25) is 0 Å². The molecule has 0 radical (unpaired) electrons. The molecule has 5 fully saturated rings. The second kappa shape index (κ2) is 8.73. The first-order valence-electron chi connectivity index (χ1n) is 14.8. The molecule has 208 valence electrons. The number of rotatable bonds is 4. The second-order valence-electron chi connectivity index (χ2n) is 15.1. The molecule has 0 spiro atoms. The highest BCUT2D eigenvalue weighted by molar-refractivity contribution is 6.26. The number of allylic oxidation sites excluding steroid dienone is 1. The fourth-order valence-electron chi connectivity index (χ4n) is 11.9. The molecule has 0 aromatic carbocycles. The van der Waals surface area contributed by atoms with E-state index in [1.54, 1.807) is 0 Å². The van der Waals surface area contributed by atoms with Crippen molar-refractivity contribution in [3.63, 3.8) is 0 Å². The summed E-state index contributed by atoms with van der Waals surface area (Å²) in [6, 6.07) is 0. The van der Waals surface area contributed by atoms with Crippen LogP contribution in [-0.4, -0.2) is 29.0 Å². The Balaban J connectivity index is 1.50. The number of carboxylic acids is 1. The molecule has 0 saturated heterocycles. The number of fused-ring (bicyclic) bond motifs is 7. The maximum Gasteiger partial charge on any atom is 0.321 e. The van der Waals surface area contributed by atoms with Crippen LogP contribution in [-0.2, 0) is 14.3 Å². The number of carbonyl (C=O) groups is 2. The third-order valence-corrected chi connectivity index (χ3v) is 14.0. The molecule has 10 atom stereocenters. The molecule has 37 heavy (non-hydrogen) atoms. The van der Waals surface area contributed by atoms with Crippen LogP contribution in [0.1, 0.15) is 106 Å². The molecule has 5 aliphatic carbocycles. The van der Waals surface area contributed by atoms with Gasteiger partial charge < -0.3 is 9.84 Å². The molecule has 0 aromatic heterocycles. The molecule has 0 amide bonds. The van der Waals surface area contributed by atoms with E-state index in [4.69, 9.17) is 16.3 Å². The summed E-state index contributed by atoms with van der Waals surface area (Å²) in [4.78, 5) is 25.0. The number of halogens is 1. The highest BCUT2D eigenvalue weighted by Gasteiger charge is 2.72. The quantitative estimate of drug-likeness (QED) is 0.227. The number of hydrogen-bond donors (Lipinski definition) is 1. The predicted molar refractivity (Wildman–Crippen MR) is 147 cm³/mol. The Bertz CT molecular complexity index is 989. The monoisotopic (exact) mass is 532 g/mol. The maximum absolute atomic E-state index is 12.8. The van der Waals surface area contributed by atoms with Crippen molar-refractivity contribution in [2.24, 2.45) is 56.7 Å². The zero-order valence-electron chi connectivity index (χ0n) is 24.0. The van der Waals surface area contributed by atoms with Gasteiger partial charge in [0.2, 0.25) is 0 Å². The van der Waals surface area contributed by atoms with Crippen LogP contribution in [0.25, 0.3) is 0 Å². The Morgan fingerprint density at radius 3 is 2.22 bits per heavy atom. The first-order valence-corrected chi connectivity index (χ1v) is 15.4. The summed E-state index contributed by atoms with van der Waals surface area (Å²) in [5.74, 6) is 1.14. The lowest BCUT2D eigenvalue weighted by Gasteiger charge is -2.72. The van der Waals surface area contributed by atoms with Gasteiger partial charge in [-0.15, -0.1) is 11.6 Å². The van der Waals surface area contributed by atoms with Crippen molar-refractivity contribution in [3.05, 3.63) is 12.2 Å². The Morgan fingerprint density at radius 2 is 1.59 bits per heavy atom. The van der Waals surface area contributed by atoms with E-state index in [2.05, 4.69) is 48.1 Å².